The van der Waals surface area contributed by atoms with Gasteiger partial charge in [-0.1, -0.05) is 0 Å². The van der Waals surface area contributed by atoms with Crippen LogP contribution < -0.4 is 15.4 Å². The van der Waals surface area contributed by atoms with Gasteiger partial charge < -0.3 is 15.4 Å². The molecule has 2 N–H and O–H groups in total. The summed E-state index contributed by atoms with van der Waals surface area (Å²) in [5, 5.41) is 4.14. The highest BCUT2D eigenvalue weighted by molar-refractivity contribution is 5.91. The number of hydrogen-bond acceptors (Lipinski definition) is 4. The number of halogens is 1. The van der Waals surface area contributed by atoms with Gasteiger partial charge in [0.15, 0.2) is 17.3 Å². The molecule has 1 amide bonds. The lowest BCUT2D eigenvalue weighted by molar-refractivity contribution is -0.116. The lowest BCUT2D eigenvalue weighted by Crippen LogP contribution is -2.23. The predicted octanol–water partition coefficient (Wildman–Crippen LogP) is 2.83. The number of hydrogen-bond donors (Lipinski definition) is 1. The van der Waals surface area contributed by atoms with E-state index >= 15 is 0 Å². The molecule has 0 unspecified atom stereocenters. The molecule has 2 heterocycles. The molecule has 3 aromatic rings. The highest BCUT2D eigenvalue weighted by Gasteiger charge is 2.14. The van der Waals surface area contributed by atoms with Crippen LogP contribution in [0.3, 0.4) is 0 Å². The van der Waals surface area contributed by atoms with Crippen molar-refractivity contribution in [3.05, 3.63) is 48.5 Å². The predicted molar refractivity (Wildman–Crippen MR) is 85.2 cm³/mol. The summed E-state index contributed by atoms with van der Waals surface area (Å²) in [5.41, 5.74) is 7.09. The molecule has 7 heteroatoms. The largest absolute Gasteiger partial charge is 0.452 e. The van der Waals surface area contributed by atoms with Crippen LogP contribution in [-0.4, -0.2) is 22.6 Å². The van der Waals surface area contributed by atoms with Crippen molar-refractivity contribution in [2.75, 3.05) is 17.7 Å². The number of ether oxygens (including phenoxy) is 1. The van der Waals surface area contributed by atoms with Crippen molar-refractivity contribution in [2.45, 2.75) is 6.92 Å². The van der Waals surface area contributed by atoms with Crippen LogP contribution in [0, 0.1) is 5.82 Å². The maximum Gasteiger partial charge on any atom is 0.223 e. The Labute approximate surface area is 131 Å². The number of benzene rings is 1. The van der Waals surface area contributed by atoms with E-state index in [2.05, 4.69) is 5.10 Å². The molecule has 23 heavy (non-hydrogen) atoms. The van der Waals surface area contributed by atoms with Gasteiger partial charge in [-0.2, -0.15) is 5.10 Å². The fraction of sp³-hybridized carbons (Fsp3) is 0.125. The zero-order valence-corrected chi connectivity index (χ0v) is 12.7. The highest BCUT2D eigenvalue weighted by Crippen LogP contribution is 2.32. The summed E-state index contributed by atoms with van der Waals surface area (Å²) >= 11 is 0. The first-order chi connectivity index (χ1) is 11.0. The van der Waals surface area contributed by atoms with Crippen molar-refractivity contribution >= 4 is 22.8 Å². The molecule has 0 saturated heterocycles. The van der Waals surface area contributed by atoms with Gasteiger partial charge in [-0.15, -0.1) is 0 Å². The summed E-state index contributed by atoms with van der Waals surface area (Å²) < 4.78 is 21.2. The minimum atomic E-state index is -0.562. The third kappa shape index (κ3) is 2.80. The van der Waals surface area contributed by atoms with Crippen molar-refractivity contribution in [1.29, 1.82) is 0 Å². The van der Waals surface area contributed by atoms with Crippen LogP contribution in [0.5, 0.6) is 11.5 Å². The first-order valence-corrected chi connectivity index (χ1v) is 6.90. The zero-order chi connectivity index (χ0) is 16.6. The first kappa shape index (κ1) is 14.8. The molecule has 0 saturated carbocycles. The van der Waals surface area contributed by atoms with E-state index in [4.69, 9.17) is 10.5 Å². The minimum absolute atomic E-state index is 0.0462. The maximum absolute atomic E-state index is 14.0. The summed E-state index contributed by atoms with van der Waals surface area (Å²) in [6, 6.07) is 7.60. The third-order valence-corrected chi connectivity index (χ3v) is 3.49. The van der Waals surface area contributed by atoms with Crippen molar-refractivity contribution < 1.29 is 13.9 Å². The Balaban J connectivity index is 2.08. The van der Waals surface area contributed by atoms with Crippen LogP contribution in [0.4, 0.5) is 15.8 Å². The number of carbonyl (C=O) groups is 1. The topological polar surface area (TPSA) is 72.9 Å². The van der Waals surface area contributed by atoms with Gasteiger partial charge in [-0.3, -0.25) is 4.79 Å². The van der Waals surface area contributed by atoms with Crippen LogP contribution in [0.2, 0.25) is 0 Å². The molecule has 0 fully saturated rings. The van der Waals surface area contributed by atoms with Gasteiger partial charge in [0.2, 0.25) is 5.91 Å². The third-order valence-electron chi connectivity index (χ3n) is 3.49. The van der Waals surface area contributed by atoms with Crippen molar-refractivity contribution in [2.24, 2.45) is 0 Å². The van der Waals surface area contributed by atoms with E-state index in [0.29, 0.717) is 22.6 Å². The van der Waals surface area contributed by atoms with E-state index in [1.807, 2.05) is 0 Å². The number of carbonyl (C=O) groups excluding carboxylic acids is 1. The van der Waals surface area contributed by atoms with Crippen LogP contribution in [0.15, 0.2) is 42.7 Å². The number of rotatable bonds is 3. The molecule has 2 aromatic heterocycles. The molecule has 0 aliphatic carbocycles. The second kappa shape index (κ2) is 5.60. The van der Waals surface area contributed by atoms with E-state index in [9.17, 15) is 9.18 Å². The SMILES string of the molecule is CC(=O)N(C)c1cc(Oc2ccc(N)cc2F)c2ccnn2c1. The minimum Gasteiger partial charge on any atom is -0.452 e. The van der Waals surface area contributed by atoms with Gasteiger partial charge in [0.1, 0.15) is 5.52 Å². The fourth-order valence-electron chi connectivity index (χ4n) is 2.15. The monoisotopic (exact) mass is 314 g/mol. The normalized spacial score (nSPS) is 10.7. The summed E-state index contributed by atoms with van der Waals surface area (Å²) in [6.45, 7) is 1.45. The molecule has 0 radical (unpaired) electrons. The van der Waals surface area contributed by atoms with Gasteiger partial charge in [-0.05, 0) is 18.2 Å². The molecular formula is C16H15FN4O2. The summed E-state index contributed by atoms with van der Waals surface area (Å²) in [6.07, 6.45) is 3.29. The fourth-order valence-corrected chi connectivity index (χ4v) is 2.15. The second-order valence-electron chi connectivity index (χ2n) is 5.09. The molecule has 0 spiro atoms. The quantitative estimate of drug-likeness (QED) is 0.755. The molecule has 6 nitrogen and oxygen atoms in total. The van der Waals surface area contributed by atoms with Gasteiger partial charge in [0.05, 0.1) is 18.1 Å². The lowest BCUT2D eigenvalue weighted by Gasteiger charge is -2.17. The second-order valence-corrected chi connectivity index (χ2v) is 5.09. The van der Waals surface area contributed by atoms with E-state index in [-0.39, 0.29) is 11.7 Å². The summed E-state index contributed by atoms with van der Waals surface area (Å²) in [7, 11) is 1.64. The van der Waals surface area contributed by atoms with Gasteiger partial charge in [-0.25, -0.2) is 8.91 Å². The Morgan fingerprint density at radius 2 is 2.09 bits per heavy atom. The number of nitrogen functional groups attached to an aromatic ring is 1. The van der Waals surface area contributed by atoms with Crippen LogP contribution in [-0.2, 0) is 4.79 Å². The number of fused-ring (bicyclic) bond motifs is 1. The van der Waals surface area contributed by atoms with Gasteiger partial charge >= 0.3 is 0 Å². The van der Waals surface area contributed by atoms with Crippen LogP contribution >= 0.6 is 0 Å². The summed E-state index contributed by atoms with van der Waals surface area (Å²) in [4.78, 5) is 13.0. The van der Waals surface area contributed by atoms with Gasteiger partial charge in [0, 0.05) is 31.8 Å². The number of nitrogens with zero attached hydrogens (tertiary/aromatic N) is 3. The van der Waals surface area contributed by atoms with Crippen LogP contribution in [0.25, 0.3) is 5.52 Å². The van der Waals surface area contributed by atoms with E-state index in [1.165, 1.54) is 24.0 Å². The van der Waals surface area contributed by atoms with Crippen molar-refractivity contribution in [3.8, 4) is 11.5 Å². The van der Waals surface area contributed by atoms with Crippen LogP contribution in [0.1, 0.15) is 6.92 Å². The number of nitrogens with two attached hydrogens (primary N) is 1. The Kier molecular flexibility index (Phi) is 3.61. The smallest absolute Gasteiger partial charge is 0.223 e. The van der Waals surface area contributed by atoms with E-state index in [1.54, 1.807) is 42.2 Å². The Morgan fingerprint density at radius 1 is 1.30 bits per heavy atom. The maximum atomic E-state index is 14.0. The molecule has 118 valence electrons. The molecule has 1 aromatic carbocycles. The first-order valence-electron chi connectivity index (χ1n) is 6.90. The van der Waals surface area contributed by atoms with Crippen molar-refractivity contribution in [3.63, 3.8) is 0 Å². The lowest BCUT2D eigenvalue weighted by atomic mass is 10.3. The molecular weight excluding hydrogens is 299 g/mol. The average Bonchev–Trinajstić information content (AvgIpc) is 2.97. The number of anilines is 2. The summed E-state index contributed by atoms with van der Waals surface area (Å²) in [5.74, 6) is -0.268. The average molecular weight is 314 g/mol. The Hall–Kier alpha value is -3.09. The number of pyridine rings is 1. The zero-order valence-electron chi connectivity index (χ0n) is 12.7. The molecule has 3 rings (SSSR count). The molecule has 0 bridgehead atoms. The Bertz CT molecular complexity index is 891. The molecule has 0 aliphatic heterocycles. The van der Waals surface area contributed by atoms with Gasteiger partial charge in [0.25, 0.3) is 0 Å². The van der Waals surface area contributed by atoms with E-state index in [0.717, 1.165) is 0 Å². The molecule has 0 atom stereocenters. The standard InChI is InChI=1S/C16H15FN4O2/c1-10(22)20(2)12-8-16(14-5-6-19-21(14)9-12)23-15-4-3-11(18)7-13(15)17/h3-9H,18H2,1-2H3. The highest BCUT2D eigenvalue weighted by atomic mass is 19.1. The van der Waals surface area contributed by atoms with Crippen molar-refractivity contribution in [1.82, 2.24) is 9.61 Å². The molecule has 0 aliphatic rings. The Morgan fingerprint density at radius 3 is 2.78 bits per heavy atom. The van der Waals surface area contributed by atoms with E-state index < -0.39 is 5.82 Å². The number of aromatic nitrogens is 2. The number of amides is 1.